The van der Waals surface area contributed by atoms with Gasteiger partial charge in [0, 0.05) is 37.8 Å². The molecular weight excluding hydrogens is 367 g/mol. The maximum atomic E-state index is 13.4. The molecule has 5 rings (SSSR count). The molecule has 0 saturated carbocycles. The summed E-state index contributed by atoms with van der Waals surface area (Å²) >= 11 is 0. The zero-order valence-corrected chi connectivity index (χ0v) is 16.8. The summed E-state index contributed by atoms with van der Waals surface area (Å²) in [7, 11) is 0. The van der Waals surface area contributed by atoms with Crippen LogP contribution in [0.5, 0.6) is 0 Å². The van der Waals surface area contributed by atoms with Gasteiger partial charge in [0.25, 0.3) is 0 Å². The van der Waals surface area contributed by atoms with Gasteiger partial charge < -0.3 is 19.5 Å². The third-order valence-corrected chi connectivity index (χ3v) is 6.60. The van der Waals surface area contributed by atoms with Gasteiger partial charge in [-0.15, -0.1) is 0 Å². The Kier molecular flexibility index (Phi) is 5.38. The summed E-state index contributed by atoms with van der Waals surface area (Å²) in [6, 6.07) is 6.70. The monoisotopic (exact) mass is 396 g/mol. The average molecular weight is 397 g/mol. The summed E-state index contributed by atoms with van der Waals surface area (Å²) in [4.78, 5) is 7.42. The predicted octanol–water partition coefficient (Wildman–Crippen LogP) is 2.14. The van der Waals surface area contributed by atoms with E-state index in [-0.39, 0.29) is 5.82 Å². The number of hydrogen-bond donors (Lipinski definition) is 1. The number of fused-ring (bicyclic) bond motifs is 1. The largest absolute Gasteiger partial charge is 0.381 e. The van der Waals surface area contributed by atoms with Crippen molar-refractivity contribution in [1.29, 1.82) is 0 Å². The standard InChI is InChI=1S/C23H29FN4O/c24-19-1-3-20(4-2-19)28-15-21(23-22(28)13-25-16-26-23)18-5-9-27(10-6-18)14-17-7-11-29-12-8-17/h1-4,13,15,17-18,25H,5-12,14,16H2. The first-order valence-electron chi connectivity index (χ1n) is 10.8. The van der Waals surface area contributed by atoms with Crippen molar-refractivity contribution in [1.82, 2.24) is 14.8 Å². The minimum atomic E-state index is -0.210. The van der Waals surface area contributed by atoms with E-state index in [0.29, 0.717) is 12.6 Å². The van der Waals surface area contributed by atoms with Crippen molar-refractivity contribution >= 4 is 6.20 Å². The fraction of sp³-hybridized carbons (Fsp3) is 0.522. The molecule has 2 aromatic rings. The van der Waals surface area contributed by atoms with Crippen molar-refractivity contribution in [3.05, 3.63) is 52.5 Å². The van der Waals surface area contributed by atoms with Gasteiger partial charge in [-0.25, -0.2) is 4.39 Å². The Morgan fingerprint density at radius 3 is 2.59 bits per heavy atom. The third kappa shape index (κ3) is 3.96. The molecule has 0 aliphatic carbocycles. The highest BCUT2D eigenvalue weighted by atomic mass is 19.1. The molecule has 0 spiro atoms. The third-order valence-electron chi connectivity index (χ3n) is 6.60. The second kappa shape index (κ2) is 8.28. The molecular formula is C23H29FN4O. The first-order valence-corrected chi connectivity index (χ1v) is 10.8. The molecule has 6 heteroatoms. The lowest BCUT2D eigenvalue weighted by atomic mass is 9.89. The number of ether oxygens (including phenoxy) is 1. The highest BCUT2D eigenvalue weighted by molar-refractivity contribution is 5.38. The first kappa shape index (κ1) is 18.8. The van der Waals surface area contributed by atoms with Gasteiger partial charge in [-0.2, -0.15) is 0 Å². The maximum Gasteiger partial charge on any atom is 0.123 e. The summed E-state index contributed by atoms with van der Waals surface area (Å²) in [5.41, 5.74) is 2.31. The Hall–Kier alpha value is -2.18. The first-order chi connectivity index (χ1) is 14.3. The molecule has 0 amide bonds. The molecule has 5 nitrogen and oxygen atoms in total. The van der Waals surface area contributed by atoms with E-state index in [1.807, 2.05) is 18.3 Å². The van der Waals surface area contributed by atoms with Crippen molar-refractivity contribution in [2.45, 2.75) is 31.6 Å². The van der Waals surface area contributed by atoms with Gasteiger partial charge >= 0.3 is 0 Å². The van der Waals surface area contributed by atoms with Crippen molar-refractivity contribution in [3.63, 3.8) is 0 Å². The van der Waals surface area contributed by atoms with Gasteiger partial charge in [0.05, 0.1) is 10.7 Å². The second-order valence-electron chi connectivity index (χ2n) is 8.46. The number of aromatic nitrogens is 1. The Balaban J connectivity index is 1.35. The van der Waals surface area contributed by atoms with Crippen LogP contribution in [0.1, 0.15) is 37.2 Å². The lowest BCUT2D eigenvalue weighted by molar-refractivity contribution is 0.0487. The summed E-state index contributed by atoms with van der Waals surface area (Å²) < 4.78 is 21.0. The number of rotatable bonds is 4. The van der Waals surface area contributed by atoms with Crippen LogP contribution in [0.4, 0.5) is 4.39 Å². The summed E-state index contributed by atoms with van der Waals surface area (Å²) in [5, 5.41) is 5.41. The zero-order valence-electron chi connectivity index (χ0n) is 16.8. The van der Waals surface area contributed by atoms with Gasteiger partial charge in [0.2, 0.25) is 0 Å². The molecule has 154 valence electrons. The normalized spacial score (nSPS) is 21.1. The quantitative estimate of drug-likeness (QED) is 0.861. The van der Waals surface area contributed by atoms with Crippen LogP contribution < -0.4 is 16.0 Å². The smallest absolute Gasteiger partial charge is 0.123 e. The van der Waals surface area contributed by atoms with Crippen LogP contribution in [0, 0.1) is 11.7 Å². The fourth-order valence-electron chi connectivity index (χ4n) is 4.94. The Morgan fingerprint density at radius 2 is 1.83 bits per heavy atom. The molecule has 3 aliphatic heterocycles. The summed E-state index contributed by atoms with van der Waals surface area (Å²) in [5.74, 6) is 1.12. The zero-order chi connectivity index (χ0) is 19.6. The molecule has 3 aliphatic rings. The van der Waals surface area contributed by atoms with Gasteiger partial charge in [0.1, 0.15) is 12.5 Å². The van der Waals surface area contributed by atoms with E-state index in [9.17, 15) is 4.39 Å². The number of halogens is 1. The van der Waals surface area contributed by atoms with Gasteiger partial charge in [-0.05, 0) is 80.4 Å². The molecule has 1 N–H and O–H groups in total. The Morgan fingerprint density at radius 1 is 1.07 bits per heavy atom. The van der Waals surface area contributed by atoms with Crippen LogP contribution in [0.2, 0.25) is 0 Å². The molecule has 4 heterocycles. The Bertz CT molecular complexity index is 954. The topological polar surface area (TPSA) is 41.8 Å². The maximum absolute atomic E-state index is 13.4. The Labute approximate surface area is 170 Å². The number of nitrogens with zero attached hydrogens (tertiary/aromatic N) is 3. The highest BCUT2D eigenvalue weighted by Crippen LogP contribution is 2.28. The molecule has 0 radical (unpaired) electrons. The van der Waals surface area contributed by atoms with Crippen molar-refractivity contribution in [3.8, 4) is 5.69 Å². The lowest BCUT2D eigenvalue weighted by Gasteiger charge is -2.35. The second-order valence-corrected chi connectivity index (χ2v) is 8.46. The van der Waals surface area contributed by atoms with Crippen molar-refractivity contribution in [2.24, 2.45) is 10.9 Å². The van der Waals surface area contributed by atoms with E-state index in [2.05, 4.69) is 21.0 Å². The molecule has 0 atom stereocenters. The minimum Gasteiger partial charge on any atom is -0.381 e. The molecule has 1 aromatic carbocycles. The van der Waals surface area contributed by atoms with Crippen LogP contribution in [-0.2, 0) is 4.74 Å². The van der Waals surface area contributed by atoms with Crippen molar-refractivity contribution < 1.29 is 9.13 Å². The number of piperidine rings is 1. The number of nitrogens with one attached hydrogen (secondary N) is 1. The molecule has 2 fully saturated rings. The van der Waals surface area contributed by atoms with Crippen LogP contribution in [0.25, 0.3) is 11.9 Å². The lowest BCUT2D eigenvalue weighted by Crippen LogP contribution is -2.40. The van der Waals surface area contributed by atoms with Gasteiger partial charge in [-0.1, -0.05) is 0 Å². The van der Waals surface area contributed by atoms with E-state index in [4.69, 9.17) is 9.73 Å². The predicted molar refractivity (Wildman–Crippen MR) is 111 cm³/mol. The molecule has 29 heavy (non-hydrogen) atoms. The fourth-order valence-corrected chi connectivity index (χ4v) is 4.94. The van der Waals surface area contributed by atoms with E-state index >= 15 is 0 Å². The number of hydrogen-bond acceptors (Lipinski definition) is 4. The van der Waals surface area contributed by atoms with E-state index in [1.165, 1.54) is 49.9 Å². The molecule has 0 unspecified atom stereocenters. The molecule has 2 saturated heterocycles. The SMILES string of the molecule is Fc1ccc(-n2cc(C3CCN(CC4CCOCC4)CC3)c3c2=CNCN=3)cc1. The summed E-state index contributed by atoms with van der Waals surface area (Å²) in [6.45, 7) is 6.00. The van der Waals surface area contributed by atoms with E-state index in [0.717, 1.165) is 48.6 Å². The van der Waals surface area contributed by atoms with Crippen LogP contribution >= 0.6 is 0 Å². The molecule has 1 aromatic heterocycles. The van der Waals surface area contributed by atoms with Gasteiger partial charge in [0.15, 0.2) is 0 Å². The average Bonchev–Trinajstić information content (AvgIpc) is 3.15. The van der Waals surface area contributed by atoms with Crippen molar-refractivity contribution in [2.75, 3.05) is 39.5 Å². The number of likely N-dealkylation sites (tertiary alicyclic amines) is 1. The van der Waals surface area contributed by atoms with Crippen LogP contribution in [-0.4, -0.2) is 49.0 Å². The molecule has 0 bridgehead atoms. The summed E-state index contributed by atoms with van der Waals surface area (Å²) in [6.07, 6.45) is 9.02. The van der Waals surface area contributed by atoms with E-state index < -0.39 is 0 Å². The van der Waals surface area contributed by atoms with Crippen LogP contribution in [0.3, 0.4) is 0 Å². The van der Waals surface area contributed by atoms with Gasteiger partial charge in [-0.3, -0.25) is 4.99 Å². The number of benzene rings is 1. The van der Waals surface area contributed by atoms with Crippen LogP contribution in [0.15, 0.2) is 35.5 Å². The highest BCUT2D eigenvalue weighted by Gasteiger charge is 2.26. The minimum absolute atomic E-state index is 0.210. The van der Waals surface area contributed by atoms with E-state index in [1.54, 1.807) is 0 Å².